The van der Waals surface area contributed by atoms with Gasteiger partial charge in [0.25, 0.3) is 0 Å². The van der Waals surface area contributed by atoms with Gasteiger partial charge in [-0.2, -0.15) is 26.3 Å². The second-order valence-electron chi connectivity index (χ2n) is 7.84. The minimum Gasteiger partial charge on any atom is -0.497 e. The van der Waals surface area contributed by atoms with E-state index in [1.165, 1.54) is 13.4 Å². The molecule has 2 heterocycles. The molecule has 0 atom stereocenters. The molecule has 38 heavy (non-hydrogen) atoms. The van der Waals surface area contributed by atoms with E-state index in [9.17, 15) is 31.1 Å². The molecule has 0 fully saturated rings. The molecular formula is C24H18F6N4O3S. The second-order valence-corrected chi connectivity index (χ2v) is 8.78. The molecule has 0 saturated carbocycles. The lowest BCUT2D eigenvalue weighted by atomic mass is 10.1. The number of hydrogen-bond donors (Lipinski definition) is 1. The van der Waals surface area contributed by atoms with Crippen LogP contribution in [0, 0.1) is 0 Å². The Morgan fingerprint density at radius 2 is 1.71 bits per heavy atom. The number of thioether (sulfide) groups is 1. The minimum atomic E-state index is -5.03. The third kappa shape index (κ3) is 6.49. The molecule has 4 aromatic rings. The number of methoxy groups -OCH3 is 1. The monoisotopic (exact) mass is 556 g/mol. The van der Waals surface area contributed by atoms with Crippen molar-refractivity contribution in [1.82, 2.24) is 14.8 Å². The second kappa shape index (κ2) is 10.8. The molecule has 2 aromatic carbocycles. The van der Waals surface area contributed by atoms with Crippen LogP contribution in [0.4, 0.5) is 32.0 Å². The maximum Gasteiger partial charge on any atom is 0.416 e. The van der Waals surface area contributed by atoms with Gasteiger partial charge in [0, 0.05) is 11.3 Å². The van der Waals surface area contributed by atoms with E-state index in [2.05, 4.69) is 15.5 Å². The van der Waals surface area contributed by atoms with Crippen LogP contribution in [-0.2, 0) is 23.7 Å². The van der Waals surface area contributed by atoms with E-state index in [1.807, 2.05) is 0 Å². The molecule has 200 valence electrons. The van der Waals surface area contributed by atoms with Crippen molar-refractivity contribution in [2.45, 2.75) is 24.1 Å². The number of aromatic nitrogens is 3. The van der Waals surface area contributed by atoms with Crippen LogP contribution in [0.3, 0.4) is 0 Å². The summed E-state index contributed by atoms with van der Waals surface area (Å²) in [5.74, 6) is 0.354. The molecule has 0 aliphatic rings. The largest absolute Gasteiger partial charge is 0.497 e. The average Bonchev–Trinajstić information content (AvgIpc) is 3.52. The number of benzene rings is 2. The fraction of sp³-hybridized carbons (Fsp3) is 0.208. The summed E-state index contributed by atoms with van der Waals surface area (Å²) >= 11 is 0.901. The lowest BCUT2D eigenvalue weighted by molar-refractivity contribution is -0.143. The van der Waals surface area contributed by atoms with Crippen molar-refractivity contribution in [3.05, 3.63) is 77.7 Å². The molecule has 0 bridgehead atoms. The van der Waals surface area contributed by atoms with Crippen molar-refractivity contribution in [1.29, 1.82) is 0 Å². The normalized spacial score (nSPS) is 12.0. The van der Waals surface area contributed by atoms with Crippen molar-refractivity contribution < 1.29 is 40.3 Å². The summed E-state index contributed by atoms with van der Waals surface area (Å²) in [6.07, 6.45) is -8.59. The number of alkyl halides is 6. The van der Waals surface area contributed by atoms with Crippen molar-refractivity contribution in [2.75, 3.05) is 18.2 Å². The van der Waals surface area contributed by atoms with Crippen LogP contribution < -0.4 is 10.1 Å². The Kier molecular flexibility index (Phi) is 7.71. The number of rotatable bonds is 8. The van der Waals surface area contributed by atoms with Gasteiger partial charge in [0.05, 0.1) is 36.8 Å². The number of halogens is 6. The summed E-state index contributed by atoms with van der Waals surface area (Å²) < 4.78 is 91.0. The summed E-state index contributed by atoms with van der Waals surface area (Å²) in [4.78, 5) is 12.5. The van der Waals surface area contributed by atoms with Gasteiger partial charge in [0.2, 0.25) is 5.91 Å². The maximum absolute atomic E-state index is 13.1. The Balaban J connectivity index is 1.56. The number of furan rings is 1. The fourth-order valence-corrected chi connectivity index (χ4v) is 4.16. The van der Waals surface area contributed by atoms with Crippen LogP contribution in [0.1, 0.15) is 16.9 Å². The highest BCUT2D eigenvalue weighted by Gasteiger charge is 2.37. The molecule has 7 nitrogen and oxygen atoms in total. The summed E-state index contributed by atoms with van der Waals surface area (Å²) in [5, 5.41) is 10.7. The van der Waals surface area contributed by atoms with E-state index >= 15 is 0 Å². The number of hydrogen-bond acceptors (Lipinski definition) is 6. The van der Waals surface area contributed by atoms with Crippen molar-refractivity contribution >= 4 is 23.4 Å². The first-order valence-electron chi connectivity index (χ1n) is 10.8. The molecule has 0 aliphatic carbocycles. The van der Waals surface area contributed by atoms with Gasteiger partial charge in [-0.25, -0.2) is 0 Å². The van der Waals surface area contributed by atoms with Crippen molar-refractivity contribution in [3.63, 3.8) is 0 Å². The zero-order chi connectivity index (χ0) is 27.5. The molecule has 0 radical (unpaired) electrons. The van der Waals surface area contributed by atoms with Crippen LogP contribution in [0.5, 0.6) is 5.75 Å². The molecule has 0 unspecified atom stereocenters. The Labute approximate surface area is 215 Å². The first kappa shape index (κ1) is 27.1. The average molecular weight is 556 g/mol. The Bertz CT molecular complexity index is 1390. The van der Waals surface area contributed by atoms with Gasteiger partial charge < -0.3 is 14.5 Å². The fourth-order valence-electron chi connectivity index (χ4n) is 3.43. The maximum atomic E-state index is 13.1. The third-order valence-corrected chi connectivity index (χ3v) is 6.11. The van der Waals surface area contributed by atoms with Gasteiger partial charge in [-0.1, -0.05) is 23.9 Å². The molecule has 4 rings (SSSR count). The molecule has 0 aliphatic heterocycles. The van der Waals surface area contributed by atoms with Gasteiger partial charge >= 0.3 is 12.4 Å². The van der Waals surface area contributed by atoms with Crippen LogP contribution >= 0.6 is 11.8 Å². The molecule has 14 heteroatoms. The smallest absolute Gasteiger partial charge is 0.416 e. The summed E-state index contributed by atoms with van der Waals surface area (Å²) in [6, 6.07) is 11.3. The van der Waals surface area contributed by atoms with Gasteiger partial charge in [-0.15, -0.1) is 10.2 Å². The standard InChI is InChI=1S/C24H18F6N4O3S/c1-36-18-5-2-4-14(8-18)21-32-33-22(34(21)12-19-6-3-7-37-19)38-13-20(35)31-17-10-15(23(25,26)27)9-16(11-17)24(28,29)30/h2-11H,12-13H2,1H3,(H,31,35). The number of amides is 1. The molecule has 2 aromatic heterocycles. The Morgan fingerprint density at radius 3 is 2.32 bits per heavy atom. The Morgan fingerprint density at radius 1 is 1.00 bits per heavy atom. The number of ether oxygens (including phenoxy) is 1. The highest BCUT2D eigenvalue weighted by Crippen LogP contribution is 2.37. The highest BCUT2D eigenvalue weighted by atomic mass is 32.2. The van der Waals surface area contributed by atoms with Gasteiger partial charge in [0.1, 0.15) is 11.5 Å². The molecule has 1 N–H and O–H groups in total. The van der Waals surface area contributed by atoms with Crippen LogP contribution in [0.15, 0.2) is 70.4 Å². The lowest BCUT2D eigenvalue weighted by Crippen LogP contribution is -2.17. The lowest BCUT2D eigenvalue weighted by Gasteiger charge is -2.15. The molecular weight excluding hydrogens is 538 g/mol. The van der Waals surface area contributed by atoms with Crippen molar-refractivity contribution in [3.8, 4) is 17.1 Å². The minimum absolute atomic E-state index is 0.0123. The quantitative estimate of drug-likeness (QED) is 0.201. The predicted molar refractivity (Wildman–Crippen MR) is 126 cm³/mol. The third-order valence-electron chi connectivity index (χ3n) is 5.14. The first-order valence-corrected chi connectivity index (χ1v) is 11.7. The first-order chi connectivity index (χ1) is 17.9. The number of carbonyl (C=O) groups is 1. The summed E-state index contributed by atoms with van der Waals surface area (Å²) in [6.45, 7) is 0.194. The van der Waals surface area contributed by atoms with E-state index in [0.717, 1.165) is 11.8 Å². The summed E-state index contributed by atoms with van der Waals surface area (Å²) in [7, 11) is 1.51. The van der Waals surface area contributed by atoms with E-state index in [1.54, 1.807) is 41.0 Å². The Hall–Kier alpha value is -3.94. The number of nitrogens with one attached hydrogen (secondary N) is 1. The van der Waals surface area contributed by atoms with Gasteiger partial charge in [-0.05, 0) is 42.5 Å². The summed E-state index contributed by atoms with van der Waals surface area (Å²) in [5.41, 5.74) is -3.04. The number of carbonyl (C=O) groups excluding carboxylic acids is 1. The predicted octanol–water partition coefficient (Wildman–Crippen LogP) is 6.36. The number of nitrogens with zero attached hydrogens (tertiary/aromatic N) is 3. The molecule has 1 amide bonds. The van der Waals surface area contributed by atoms with Crippen LogP contribution in [-0.4, -0.2) is 33.5 Å². The number of anilines is 1. The zero-order valence-electron chi connectivity index (χ0n) is 19.4. The van der Waals surface area contributed by atoms with Crippen molar-refractivity contribution in [2.24, 2.45) is 0 Å². The highest BCUT2D eigenvalue weighted by molar-refractivity contribution is 7.99. The SMILES string of the molecule is COc1cccc(-c2nnc(SCC(=O)Nc3cc(C(F)(F)F)cc(C(F)(F)F)c3)n2Cc2ccco2)c1. The zero-order valence-corrected chi connectivity index (χ0v) is 20.2. The van der Waals surface area contributed by atoms with Gasteiger partial charge in [0.15, 0.2) is 11.0 Å². The van der Waals surface area contributed by atoms with E-state index in [0.29, 0.717) is 35.0 Å². The molecule has 0 saturated heterocycles. The van der Waals surface area contributed by atoms with E-state index in [4.69, 9.17) is 9.15 Å². The van der Waals surface area contributed by atoms with Gasteiger partial charge in [-0.3, -0.25) is 9.36 Å². The van der Waals surface area contributed by atoms with E-state index < -0.39 is 35.1 Å². The van der Waals surface area contributed by atoms with Crippen LogP contribution in [0.2, 0.25) is 0 Å². The van der Waals surface area contributed by atoms with E-state index in [-0.39, 0.29) is 23.5 Å². The topological polar surface area (TPSA) is 82.2 Å². The molecule has 0 spiro atoms. The van der Waals surface area contributed by atoms with Crippen LogP contribution in [0.25, 0.3) is 11.4 Å².